The molecule has 1 aliphatic carbocycles. The van der Waals surface area contributed by atoms with Crippen LogP contribution in [0.3, 0.4) is 0 Å². The van der Waals surface area contributed by atoms with E-state index in [1.165, 1.54) is 29.7 Å². The van der Waals surface area contributed by atoms with Gasteiger partial charge in [0.1, 0.15) is 0 Å². The zero-order valence-electron chi connectivity index (χ0n) is 14.0. The normalized spacial score (nSPS) is 12.1. The molecule has 1 aromatic carbocycles. The Kier molecular flexibility index (Phi) is 12.7. The van der Waals surface area contributed by atoms with Crippen LogP contribution in [0.1, 0.15) is 38.7 Å². The van der Waals surface area contributed by atoms with E-state index in [0.717, 1.165) is 19.4 Å². The van der Waals surface area contributed by atoms with Gasteiger partial charge in [0, 0.05) is 12.2 Å². The van der Waals surface area contributed by atoms with Gasteiger partial charge in [-0.2, -0.15) is 0 Å². The predicted octanol–water partition coefficient (Wildman–Crippen LogP) is 4.54. The molecule has 0 saturated carbocycles. The smallest absolute Gasteiger partial charge is 0.0340 e. The Balaban J connectivity index is 0.00000102. The van der Waals surface area contributed by atoms with Crippen LogP contribution >= 0.6 is 0 Å². The second-order valence-corrected chi connectivity index (χ2v) is 4.67. The van der Waals surface area contributed by atoms with E-state index in [1.807, 2.05) is 13.8 Å². The molecule has 0 atom stereocenters. The van der Waals surface area contributed by atoms with Crippen LogP contribution in [0.15, 0.2) is 48.1 Å². The fraction of sp³-hybridized carbons (Fsp3) is 0.400. The molecule has 0 bridgehead atoms. The Bertz CT molecular complexity index is 452. The lowest BCUT2D eigenvalue weighted by molar-refractivity contribution is 0.951. The van der Waals surface area contributed by atoms with Crippen LogP contribution in [-0.2, 0) is 6.42 Å². The van der Waals surface area contributed by atoms with Gasteiger partial charge in [0.25, 0.3) is 0 Å². The van der Waals surface area contributed by atoms with Crippen molar-refractivity contribution < 1.29 is 0 Å². The molecule has 0 spiro atoms. The highest BCUT2D eigenvalue weighted by atomic mass is 14.9. The van der Waals surface area contributed by atoms with Gasteiger partial charge in [0.2, 0.25) is 0 Å². The van der Waals surface area contributed by atoms with Gasteiger partial charge in [-0.25, -0.2) is 0 Å². The van der Waals surface area contributed by atoms with Crippen LogP contribution in [0, 0.1) is 12.8 Å². The lowest BCUT2D eigenvalue weighted by Crippen LogP contribution is -2.04. The molecule has 0 fully saturated rings. The minimum Gasteiger partial charge on any atom is -0.385 e. The fourth-order valence-electron chi connectivity index (χ4n) is 2.16. The molecule has 120 valence electrons. The zero-order valence-corrected chi connectivity index (χ0v) is 14.0. The number of hydrogen-bond acceptors (Lipinski definition) is 2. The van der Waals surface area contributed by atoms with Gasteiger partial charge in [-0.15, -0.1) is 12.8 Å². The Morgan fingerprint density at radius 3 is 2.27 bits per heavy atom. The third-order valence-electron chi connectivity index (χ3n) is 3.20. The van der Waals surface area contributed by atoms with E-state index in [9.17, 15) is 0 Å². The lowest BCUT2D eigenvalue weighted by atomic mass is 10.0. The summed E-state index contributed by atoms with van der Waals surface area (Å²) in [5.41, 5.74) is 9.48. The molecule has 0 unspecified atom stereocenters. The average Bonchev–Trinajstić information content (AvgIpc) is 2.61. The summed E-state index contributed by atoms with van der Waals surface area (Å²) in [6.07, 6.45) is 19.3. The van der Waals surface area contributed by atoms with Crippen molar-refractivity contribution in [2.45, 2.75) is 39.5 Å². The maximum absolute atomic E-state index is 5.53. The van der Waals surface area contributed by atoms with Crippen LogP contribution < -0.4 is 11.1 Å². The van der Waals surface area contributed by atoms with Gasteiger partial charge < -0.3 is 11.1 Å². The first-order valence-corrected chi connectivity index (χ1v) is 8.10. The van der Waals surface area contributed by atoms with E-state index >= 15 is 0 Å². The molecule has 2 nitrogen and oxygen atoms in total. The van der Waals surface area contributed by atoms with Crippen molar-refractivity contribution in [2.24, 2.45) is 5.73 Å². The minimum absolute atomic E-state index is 0.716. The van der Waals surface area contributed by atoms with E-state index < -0.39 is 0 Å². The monoisotopic (exact) mass is 298 g/mol. The van der Waals surface area contributed by atoms with Crippen LogP contribution in [0.5, 0.6) is 0 Å². The SMILES string of the molecule is C#C.CC.NCCc1ccc(NCCC2=CCCC=C2)cc1. The van der Waals surface area contributed by atoms with Crippen LogP contribution in [0.25, 0.3) is 0 Å². The molecule has 3 N–H and O–H groups in total. The van der Waals surface area contributed by atoms with Gasteiger partial charge in [-0.1, -0.05) is 49.8 Å². The summed E-state index contributed by atoms with van der Waals surface area (Å²) in [6.45, 7) is 5.71. The molecule has 22 heavy (non-hydrogen) atoms. The summed E-state index contributed by atoms with van der Waals surface area (Å²) < 4.78 is 0. The topological polar surface area (TPSA) is 38.0 Å². The first kappa shape index (κ1) is 20.0. The molecule has 0 heterocycles. The summed E-state index contributed by atoms with van der Waals surface area (Å²) in [5, 5.41) is 3.46. The van der Waals surface area contributed by atoms with Gasteiger partial charge in [-0.05, 0) is 49.9 Å². The Hall–Kier alpha value is -1.98. The van der Waals surface area contributed by atoms with Crippen molar-refractivity contribution in [3.8, 4) is 12.8 Å². The van der Waals surface area contributed by atoms with Gasteiger partial charge >= 0.3 is 0 Å². The van der Waals surface area contributed by atoms with Gasteiger partial charge in [-0.3, -0.25) is 0 Å². The van der Waals surface area contributed by atoms with Crippen molar-refractivity contribution >= 4 is 5.69 Å². The number of nitrogens with one attached hydrogen (secondary N) is 1. The molecule has 0 amide bonds. The van der Waals surface area contributed by atoms with Crippen molar-refractivity contribution in [3.63, 3.8) is 0 Å². The highest BCUT2D eigenvalue weighted by Gasteiger charge is 1.98. The summed E-state index contributed by atoms with van der Waals surface area (Å²) in [5.74, 6) is 0. The molecule has 2 rings (SSSR count). The highest BCUT2D eigenvalue weighted by Crippen LogP contribution is 2.14. The molecule has 2 heteroatoms. The van der Waals surface area contributed by atoms with Crippen LogP contribution in [-0.4, -0.2) is 13.1 Å². The second-order valence-electron chi connectivity index (χ2n) is 4.67. The predicted molar refractivity (Wildman–Crippen MR) is 100 cm³/mol. The molecule has 1 aromatic rings. The number of allylic oxidation sites excluding steroid dienone is 3. The Morgan fingerprint density at radius 2 is 1.73 bits per heavy atom. The van der Waals surface area contributed by atoms with Crippen molar-refractivity contribution in [1.29, 1.82) is 0 Å². The quantitative estimate of drug-likeness (QED) is 0.757. The molecule has 0 aromatic heterocycles. The summed E-state index contributed by atoms with van der Waals surface area (Å²) in [7, 11) is 0. The minimum atomic E-state index is 0.716. The third kappa shape index (κ3) is 8.34. The van der Waals surface area contributed by atoms with Crippen molar-refractivity contribution in [3.05, 3.63) is 53.6 Å². The first-order valence-electron chi connectivity index (χ1n) is 8.10. The van der Waals surface area contributed by atoms with Crippen molar-refractivity contribution in [1.82, 2.24) is 0 Å². The Morgan fingerprint density at radius 1 is 1.05 bits per heavy atom. The molecule has 0 saturated heterocycles. The van der Waals surface area contributed by atoms with Crippen LogP contribution in [0.2, 0.25) is 0 Å². The van der Waals surface area contributed by atoms with Crippen molar-refractivity contribution in [2.75, 3.05) is 18.4 Å². The van der Waals surface area contributed by atoms with E-state index in [4.69, 9.17) is 5.73 Å². The number of benzene rings is 1. The average molecular weight is 298 g/mol. The van der Waals surface area contributed by atoms with Gasteiger partial charge in [0.05, 0.1) is 0 Å². The largest absolute Gasteiger partial charge is 0.385 e. The standard InChI is InChI=1S/C16H22N2.C2H6.C2H2/c17-12-10-15-6-8-16(9-7-15)18-13-11-14-4-2-1-3-5-14;2*1-2/h2,4-9,18H,1,3,10-13,17H2;1-2H3;1-2H. The molecule has 0 radical (unpaired) electrons. The molecular formula is C20H30N2. The van der Waals surface area contributed by atoms with E-state index in [0.29, 0.717) is 6.54 Å². The molecular weight excluding hydrogens is 268 g/mol. The maximum Gasteiger partial charge on any atom is 0.0340 e. The third-order valence-corrected chi connectivity index (χ3v) is 3.20. The zero-order chi connectivity index (χ0) is 16.6. The van der Waals surface area contributed by atoms with E-state index in [2.05, 4.69) is 60.7 Å². The number of nitrogens with two attached hydrogens (primary N) is 1. The first-order chi connectivity index (χ1) is 10.9. The van der Waals surface area contributed by atoms with Gasteiger partial charge in [0.15, 0.2) is 0 Å². The van der Waals surface area contributed by atoms with E-state index in [-0.39, 0.29) is 0 Å². The number of rotatable bonds is 6. The maximum atomic E-state index is 5.53. The highest BCUT2D eigenvalue weighted by molar-refractivity contribution is 5.44. The summed E-state index contributed by atoms with van der Waals surface area (Å²) in [6, 6.07) is 8.57. The van der Waals surface area contributed by atoms with E-state index in [1.54, 1.807) is 0 Å². The number of hydrogen-bond donors (Lipinski definition) is 2. The molecule has 0 aliphatic heterocycles. The lowest BCUT2D eigenvalue weighted by Gasteiger charge is -2.09. The Labute approximate surface area is 136 Å². The fourth-order valence-corrected chi connectivity index (χ4v) is 2.16. The summed E-state index contributed by atoms with van der Waals surface area (Å²) >= 11 is 0. The second kappa shape index (κ2) is 14.0. The van der Waals surface area contributed by atoms with Crippen LogP contribution in [0.4, 0.5) is 5.69 Å². The molecule has 1 aliphatic rings. The number of anilines is 1. The number of terminal acetylenes is 1. The summed E-state index contributed by atoms with van der Waals surface area (Å²) in [4.78, 5) is 0.